The van der Waals surface area contributed by atoms with Gasteiger partial charge in [-0.15, -0.1) is 5.10 Å². The number of carbonyl (C=O) groups excluding carboxylic acids is 1. The van der Waals surface area contributed by atoms with Crippen LogP contribution in [0.4, 0.5) is 21.8 Å². The maximum absolute atomic E-state index is 14.0. The summed E-state index contributed by atoms with van der Waals surface area (Å²) in [6.07, 6.45) is 3.31. The molecule has 12 nitrogen and oxygen atoms in total. The topological polar surface area (TPSA) is 130 Å². The summed E-state index contributed by atoms with van der Waals surface area (Å²) in [6, 6.07) is 1.47. The van der Waals surface area contributed by atoms with E-state index in [-0.39, 0.29) is 36.2 Å². The van der Waals surface area contributed by atoms with Crippen molar-refractivity contribution in [3.05, 3.63) is 24.2 Å². The maximum atomic E-state index is 14.0. The fourth-order valence-electron chi connectivity index (χ4n) is 6.30. The number of aryl methyl sites for hydroxylation is 1. The van der Waals surface area contributed by atoms with Gasteiger partial charge in [-0.2, -0.15) is 0 Å². The summed E-state index contributed by atoms with van der Waals surface area (Å²) in [5.74, 6) is 1.53. The summed E-state index contributed by atoms with van der Waals surface area (Å²) in [5.41, 5.74) is 2.29. The monoisotopic (exact) mass is 571 g/mol. The van der Waals surface area contributed by atoms with Gasteiger partial charge in [-0.05, 0) is 27.2 Å². The van der Waals surface area contributed by atoms with Crippen molar-refractivity contribution in [2.45, 2.75) is 69.8 Å². The highest BCUT2D eigenvalue weighted by Crippen LogP contribution is 2.47. The van der Waals surface area contributed by atoms with E-state index >= 15 is 0 Å². The molecule has 0 aliphatic carbocycles. The largest absolute Gasteiger partial charge is 0.350 e. The molecule has 0 unspecified atom stereocenters. The van der Waals surface area contributed by atoms with Crippen molar-refractivity contribution in [3.63, 3.8) is 0 Å². The smallest absolute Gasteiger partial charge is 0.247 e. The number of pyridine rings is 1. The van der Waals surface area contributed by atoms with Gasteiger partial charge in [0.05, 0.1) is 17.5 Å². The lowest BCUT2D eigenvalue weighted by molar-refractivity contribution is -0.138. The molecule has 0 N–H and O–H groups in total. The van der Waals surface area contributed by atoms with Crippen LogP contribution in [-0.2, 0) is 26.6 Å². The molecule has 2 fully saturated rings. The third-order valence-electron chi connectivity index (χ3n) is 8.75. The van der Waals surface area contributed by atoms with Crippen molar-refractivity contribution < 1.29 is 17.6 Å². The molecular formula is C26H34FN9O3S. The van der Waals surface area contributed by atoms with Crippen LogP contribution in [-0.4, -0.2) is 98.1 Å². The molecule has 3 atom stereocenters. The average Bonchev–Trinajstić information content (AvgIpc) is 3.46. The van der Waals surface area contributed by atoms with Gasteiger partial charge in [0.1, 0.15) is 36.0 Å². The normalized spacial score (nSPS) is 27.1. The Bertz CT molecular complexity index is 1610. The molecule has 0 bridgehead atoms. The Morgan fingerprint density at radius 1 is 1.12 bits per heavy atom. The molecule has 14 heteroatoms. The van der Waals surface area contributed by atoms with Gasteiger partial charge in [-0.1, -0.05) is 19.1 Å². The van der Waals surface area contributed by atoms with Crippen molar-refractivity contribution in [2.24, 2.45) is 0 Å². The van der Waals surface area contributed by atoms with Gasteiger partial charge >= 0.3 is 0 Å². The first-order valence-corrected chi connectivity index (χ1v) is 15.3. The third-order valence-corrected chi connectivity index (χ3v) is 11.2. The number of carbonyl (C=O) groups is 1. The minimum atomic E-state index is -3.78. The van der Waals surface area contributed by atoms with Crippen LogP contribution in [0.5, 0.6) is 0 Å². The highest BCUT2D eigenvalue weighted by Gasteiger charge is 2.60. The minimum absolute atomic E-state index is 0.0321. The predicted octanol–water partition coefficient (Wildman–Crippen LogP) is 2.02. The summed E-state index contributed by atoms with van der Waals surface area (Å²) in [5, 5.41) is 8.39. The molecule has 3 aliphatic rings. The number of halogens is 1. The molecule has 3 aromatic heterocycles. The number of piperazine rings is 1. The summed E-state index contributed by atoms with van der Waals surface area (Å²) in [7, 11) is -3.78. The first-order valence-electron chi connectivity index (χ1n) is 13.6. The predicted molar refractivity (Wildman–Crippen MR) is 148 cm³/mol. The standard InChI is InChI=1S/C26H34FN9O3S/c1-6-36-19-9-20(28-10-18(19)31-32-36)35-14-25(4,5)21-22(29-15-30-23(21)35)33-11-17(3)34(12-16(33)2)24(37)26(13-27)7-8-40(26,38)39/h9-10,15-17H,6-8,11-14H2,1-5H3/t16-,17+,26+/m0/s1. The number of fused-ring (bicyclic) bond motifs is 2. The zero-order chi connectivity index (χ0) is 28.6. The summed E-state index contributed by atoms with van der Waals surface area (Å²) < 4.78 is 38.8. The number of hydrogen-bond donors (Lipinski definition) is 0. The lowest BCUT2D eigenvalue weighted by Gasteiger charge is -2.49. The number of alkyl halides is 1. The Kier molecular flexibility index (Phi) is 6.06. The van der Waals surface area contributed by atoms with Gasteiger partial charge in [0, 0.05) is 55.3 Å². The molecule has 0 aromatic carbocycles. The second-order valence-electron chi connectivity index (χ2n) is 11.8. The van der Waals surface area contributed by atoms with Crippen molar-refractivity contribution in [3.8, 4) is 0 Å². The van der Waals surface area contributed by atoms with Crippen LogP contribution in [0, 0.1) is 0 Å². The van der Waals surface area contributed by atoms with Gasteiger partial charge in [-0.3, -0.25) is 4.79 Å². The van der Waals surface area contributed by atoms with Crippen molar-refractivity contribution in [1.82, 2.24) is 34.8 Å². The average molecular weight is 572 g/mol. The second kappa shape index (κ2) is 9.05. The van der Waals surface area contributed by atoms with Crippen molar-refractivity contribution in [2.75, 3.05) is 41.9 Å². The van der Waals surface area contributed by atoms with E-state index in [4.69, 9.17) is 4.98 Å². The Labute approximate surface area is 232 Å². The second-order valence-corrected chi connectivity index (χ2v) is 14.2. The van der Waals surface area contributed by atoms with E-state index < -0.39 is 27.2 Å². The molecule has 3 aromatic rings. The SMILES string of the molecule is CCn1nnc2cnc(N3CC(C)(C)c4c3ncnc4N3C[C@@H](C)N(C(=O)[C@]4(CF)CCS4(=O)=O)C[C@@H]3C)cc21. The highest BCUT2D eigenvalue weighted by molar-refractivity contribution is 7.95. The van der Waals surface area contributed by atoms with Crippen LogP contribution >= 0.6 is 0 Å². The van der Waals surface area contributed by atoms with E-state index in [2.05, 4.69) is 43.9 Å². The zero-order valence-electron chi connectivity index (χ0n) is 23.4. The number of amides is 1. The van der Waals surface area contributed by atoms with Gasteiger partial charge in [-0.25, -0.2) is 32.4 Å². The van der Waals surface area contributed by atoms with Crippen LogP contribution in [0.2, 0.25) is 0 Å². The van der Waals surface area contributed by atoms with E-state index in [0.717, 1.165) is 34.1 Å². The fourth-order valence-corrected chi connectivity index (χ4v) is 7.88. The van der Waals surface area contributed by atoms with Crippen LogP contribution in [0.1, 0.15) is 46.6 Å². The van der Waals surface area contributed by atoms with E-state index in [9.17, 15) is 17.6 Å². The highest BCUT2D eigenvalue weighted by atomic mass is 32.2. The van der Waals surface area contributed by atoms with Crippen LogP contribution in [0.3, 0.4) is 0 Å². The molecule has 0 radical (unpaired) electrons. The van der Waals surface area contributed by atoms with Crippen molar-refractivity contribution in [1.29, 1.82) is 0 Å². The van der Waals surface area contributed by atoms with E-state index in [0.29, 0.717) is 19.6 Å². The van der Waals surface area contributed by atoms with Crippen LogP contribution < -0.4 is 9.80 Å². The van der Waals surface area contributed by atoms with Crippen molar-refractivity contribution >= 4 is 44.2 Å². The van der Waals surface area contributed by atoms with Gasteiger partial charge < -0.3 is 14.7 Å². The first kappa shape index (κ1) is 26.8. The molecule has 40 heavy (non-hydrogen) atoms. The number of nitrogens with zero attached hydrogens (tertiary/aromatic N) is 9. The molecular weight excluding hydrogens is 537 g/mol. The summed E-state index contributed by atoms with van der Waals surface area (Å²) in [4.78, 5) is 33.3. The van der Waals surface area contributed by atoms with E-state index in [1.54, 1.807) is 17.4 Å². The Balaban J connectivity index is 1.33. The Hall–Kier alpha value is -3.42. The van der Waals surface area contributed by atoms with E-state index in [1.165, 1.54) is 0 Å². The number of rotatable bonds is 5. The van der Waals surface area contributed by atoms with Gasteiger partial charge in [0.2, 0.25) is 5.91 Å². The third kappa shape index (κ3) is 3.71. The molecule has 0 spiro atoms. The summed E-state index contributed by atoms with van der Waals surface area (Å²) in [6.45, 7) is 11.0. The molecule has 2 saturated heterocycles. The number of sulfone groups is 1. The van der Waals surface area contributed by atoms with E-state index in [1.807, 2.05) is 31.5 Å². The first-order chi connectivity index (χ1) is 18.9. The molecule has 6 rings (SSSR count). The molecule has 3 aliphatic heterocycles. The number of aromatic nitrogens is 6. The molecule has 6 heterocycles. The lowest BCUT2D eigenvalue weighted by atomic mass is 9.87. The van der Waals surface area contributed by atoms with Gasteiger partial charge in [0.15, 0.2) is 14.6 Å². The number of anilines is 3. The lowest BCUT2D eigenvalue weighted by Crippen LogP contribution is -2.68. The Morgan fingerprint density at radius 3 is 2.52 bits per heavy atom. The zero-order valence-corrected chi connectivity index (χ0v) is 24.2. The molecule has 0 saturated carbocycles. The quantitative estimate of drug-likeness (QED) is 0.448. The van der Waals surface area contributed by atoms with Crippen LogP contribution in [0.25, 0.3) is 11.0 Å². The summed E-state index contributed by atoms with van der Waals surface area (Å²) >= 11 is 0. The van der Waals surface area contributed by atoms with Crippen LogP contribution in [0.15, 0.2) is 18.6 Å². The fraction of sp³-hybridized carbons (Fsp3) is 0.615. The molecule has 1 amide bonds. The molecule has 214 valence electrons. The minimum Gasteiger partial charge on any atom is -0.350 e. The van der Waals surface area contributed by atoms with Gasteiger partial charge in [0.25, 0.3) is 0 Å². The Morgan fingerprint density at radius 2 is 1.88 bits per heavy atom. The number of hydrogen-bond acceptors (Lipinski definition) is 10. The maximum Gasteiger partial charge on any atom is 0.247 e.